The van der Waals surface area contributed by atoms with E-state index in [1.165, 1.54) is 6.26 Å². The average molecular weight is 376 g/mol. The summed E-state index contributed by atoms with van der Waals surface area (Å²) in [4.78, 5) is 16.2. The van der Waals surface area contributed by atoms with E-state index in [-0.39, 0.29) is 18.3 Å². The number of hydrogen-bond acceptors (Lipinski definition) is 5. The van der Waals surface area contributed by atoms with Gasteiger partial charge in [0.15, 0.2) is 6.61 Å². The van der Waals surface area contributed by atoms with Crippen LogP contribution in [-0.4, -0.2) is 75.5 Å². The van der Waals surface area contributed by atoms with Crippen molar-refractivity contribution in [2.24, 2.45) is 0 Å². The van der Waals surface area contributed by atoms with Crippen LogP contribution in [0.15, 0.2) is 42.5 Å². The van der Waals surface area contributed by atoms with Crippen LogP contribution in [0.3, 0.4) is 0 Å². The Hall–Kier alpha value is -2.12. The van der Waals surface area contributed by atoms with E-state index in [9.17, 15) is 13.2 Å². The molecule has 0 saturated carbocycles. The third kappa shape index (κ3) is 5.19. The Balaban J connectivity index is 1.46. The molecule has 1 aliphatic rings. The lowest BCUT2D eigenvalue weighted by atomic mass is 10.1. The van der Waals surface area contributed by atoms with Gasteiger partial charge in [-0.3, -0.25) is 9.69 Å². The number of sulfone groups is 1. The van der Waals surface area contributed by atoms with E-state index in [0.717, 1.165) is 10.8 Å². The van der Waals surface area contributed by atoms with Crippen LogP contribution in [0.2, 0.25) is 0 Å². The fourth-order valence-electron chi connectivity index (χ4n) is 3.01. The molecule has 2 aromatic rings. The van der Waals surface area contributed by atoms with E-state index in [1.807, 2.05) is 42.5 Å². The van der Waals surface area contributed by atoms with Crippen LogP contribution in [0.5, 0.6) is 5.75 Å². The maximum atomic E-state index is 12.3. The van der Waals surface area contributed by atoms with Gasteiger partial charge in [-0.25, -0.2) is 8.42 Å². The van der Waals surface area contributed by atoms with Crippen LogP contribution < -0.4 is 4.74 Å². The molecule has 1 fully saturated rings. The lowest BCUT2D eigenvalue weighted by Gasteiger charge is -2.34. The number of hydrogen-bond donors (Lipinski definition) is 0. The van der Waals surface area contributed by atoms with Crippen LogP contribution in [0.1, 0.15) is 0 Å². The summed E-state index contributed by atoms with van der Waals surface area (Å²) >= 11 is 0. The van der Waals surface area contributed by atoms with Gasteiger partial charge in [0.2, 0.25) is 0 Å². The summed E-state index contributed by atoms with van der Waals surface area (Å²) in [6.45, 7) is 3.12. The minimum Gasteiger partial charge on any atom is -0.484 e. The summed E-state index contributed by atoms with van der Waals surface area (Å²) in [5.74, 6) is 0.802. The van der Waals surface area contributed by atoms with Gasteiger partial charge in [0, 0.05) is 39.0 Å². The van der Waals surface area contributed by atoms with Gasteiger partial charge in [-0.2, -0.15) is 0 Å². The van der Waals surface area contributed by atoms with Crippen molar-refractivity contribution in [2.45, 2.75) is 0 Å². The molecule has 7 heteroatoms. The largest absolute Gasteiger partial charge is 0.484 e. The molecule has 26 heavy (non-hydrogen) atoms. The zero-order valence-electron chi connectivity index (χ0n) is 14.9. The van der Waals surface area contributed by atoms with Gasteiger partial charge in [0.1, 0.15) is 15.6 Å². The van der Waals surface area contributed by atoms with Gasteiger partial charge in [-0.05, 0) is 22.9 Å². The first kappa shape index (κ1) is 18.7. The zero-order chi connectivity index (χ0) is 18.6. The third-order valence-corrected chi connectivity index (χ3v) is 5.51. The quantitative estimate of drug-likeness (QED) is 0.763. The number of ether oxygens (including phenoxy) is 1. The number of rotatable bonds is 6. The van der Waals surface area contributed by atoms with E-state index in [4.69, 9.17) is 4.74 Å². The molecule has 140 valence electrons. The number of carbonyl (C=O) groups excluding carboxylic acids is 1. The van der Waals surface area contributed by atoms with Crippen molar-refractivity contribution in [3.05, 3.63) is 42.5 Å². The molecular formula is C19H24N2O4S. The monoisotopic (exact) mass is 376 g/mol. The lowest BCUT2D eigenvalue weighted by molar-refractivity contribution is -0.135. The Morgan fingerprint density at radius 2 is 1.73 bits per heavy atom. The third-order valence-electron chi connectivity index (χ3n) is 4.59. The highest BCUT2D eigenvalue weighted by Crippen LogP contribution is 2.20. The fraction of sp³-hybridized carbons (Fsp3) is 0.421. The molecule has 2 aromatic carbocycles. The molecule has 1 amide bonds. The molecule has 0 aliphatic carbocycles. The standard InChI is InChI=1S/C19H24N2O4S/c1-26(23,24)13-12-20-8-10-21(11-9-20)19(22)15-25-18-7-6-16-4-2-3-5-17(16)14-18/h2-7,14H,8-13,15H2,1H3. The lowest BCUT2D eigenvalue weighted by Crippen LogP contribution is -2.50. The van der Waals surface area contributed by atoms with Crippen LogP contribution in [-0.2, 0) is 14.6 Å². The summed E-state index contributed by atoms with van der Waals surface area (Å²) < 4.78 is 28.1. The van der Waals surface area contributed by atoms with Crippen LogP contribution in [0.4, 0.5) is 0 Å². The van der Waals surface area contributed by atoms with Crippen molar-refractivity contribution in [3.63, 3.8) is 0 Å². The van der Waals surface area contributed by atoms with Crippen molar-refractivity contribution in [1.82, 2.24) is 9.80 Å². The second-order valence-electron chi connectivity index (χ2n) is 6.65. The zero-order valence-corrected chi connectivity index (χ0v) is 15.7. The first-order valence-electron chi connectivity index (χ1n) is 8.70. The summed E-state index contributed by atoms with van der Waals surface area (Å²) in [7, 11) is -2.95. The Bertz CT molecular complexity index is 874. The number of nitrogens with zero attached hydrogens (tertiary/aromatic N) is 2. The Morgan fingerprint density at radius 3 is 2.42 bits per heavy atom. The van der Waals surface area contributed by atoms with Crippen LogP contribution >= 0.6 is 0 Å². The van der Waals surface area contributed by atoms with E-state index in [0.29, 0.717) is 38.5 Å². The van der Waals surface area contributed by atoms with E-state index < -0.39 is 9.84 Å². The van der Waals surface area contributed by atoms with Gasteiger partial charge in [-0.1, -0.05) is 30.3 Å². The smallest absolute Gasteiger partial charge is 0.260 e. The molecule has 0 spiro atoms. The molecule has 6 nitrogen and oxygen atoms in total. The van der Waals surface area contributed by atoms with Gasteiger partial charge in [0.05, 0.1) is 5.75 Å². The normalized spacial score (nSPS) is 16.0. The van der Waals surface area contributed by atoms with Gasteiger partial charge in [-0.15, -0.1) is 0 Å². The van der Waals surface area contributed by atoms with Crippen molar-refractivity contribution in [1.29, 1.82) is 0 Å². The molecule has 1 saturated heterocycles. The topological polar surface area (TPSA) is 66.9 Å². The van der Waals surface area contributed by atoms with Crippen molar-refractivity contribution in [3.8, 4) is 5.75 Å². The Morgan fingerprint density at radius 1 is 1.04 bits per heavy atom. The predicted molar refractivity (Wildman–Crippen MR) is 102 cm³/mol. The van der Waals surface area contributed by atoms with Gasteiger partial charge in [0.25, 0.3) is 5.91 Å². The predicted octanol–water partition coefficient (Wildman–Crippen LogP) is 1.41. The summed E-state index contributed by atoms with van der Waals surface area (Å²) in [6, 6.07) is 13.8. The van der Waals surface area contributed by atoms with Crippen molar-refractivity contribution in [2.75, 3.05) is 51.3 Å². The number of fused-ring (bicyclic) bond motifs is 1. The van der Waals surface area contributed by atoms with Gasteiger partial charge < -0.3 is 9.64 Å². The molecule has 1 aliphatic heterocycles. The highest BCUT2D eigenvalue weighted by atomic mass is 32.2. The first-order valence-corrected chi connectivity index (χ1v) is 10.8. The molecule has 0 unspecified atom stereocenters. The molecule has 0 aromatic heterocycles. The SMILES string of the molecule is CS(=O)(=O)CCN1CCN(C(=O)COc2ccc3ccccc3c2)CC1. The highest BCUT2D eigenvalue weighted by molar-refractivity contribution is 7.90. The Kier molecular flexibility index (Phi) is 5.78. The molecule has 1 heterocycles. The minimum absolute atomic E-state index is 0.0156. The number of amides is 1. The van der Waals surface area contributed by atoms with Gasteiger partial charge >= 0.3 is 0 Å². The molecule has 0 bridgehead atoms. The molecule has 3 rings (SSSR count). The van der Waals surface area contributed by atoms with Crippen LogP contribution in [0, 0.1) is 0 Å². The molecule has 0 N–H and O–H groups in total. The summed E-state index contributed by atoms with van der Waals surface area (Å²) in [5.41, 5.74) is 0. The van der Waals surface area contributed by atoms with Crippen molar-refractivity contribution < 1.29 is 17.9 Å². The van der Waals surface area contributed by atoms with Crippen molar-refractivity contribution >= 4 is 26.5 Å². The summed E-state index contributed by atoms with van der Waals surface area (Å²) in [5, 5.41) is 2.22. The minimum atomic E-state index is -2.95. The average Bonchev–Trinajstić information content (AvgIpc) is 2.64. The molecule has 0 atom stereocenters. The molecular weight excluding hydrogens is 352 g/mol. The van der Waals surface area contributed by atoms with E-state index in [1.54, 1.807) is 4.90 Å². The highest BCUT2D eigenvalue weighted by Gasteiger charge is 2.21. The van der Waals surface area contributed by atoms with Crippen LogP contribution in [0.25, 0.3) is 10.8 Å². The first-order chi connectivity index (χ1) is 12.4. The van der Waals surface area contributed by atoms with E-state index in [2.05, 4.69) is 4.90 Å². The maximum absolute atomic E-state index is 12.3. The number of benzene rings is 2. The maximum Gasteiger partial charge on any atom is 0.260 e. The second kappa shape index (κ2) is 8.05. The number of piperazine rings is 1. The Labute approximate surface area is 154 Å². The fourth-order valence-corrected chi connectivity index (χ4v) is 3.60. The summed E-state index contributed by atoms with van der Waals surface area (Å²) in [6.07, 6.45) is 1.25. The second-order valence-corrected chi connectivity index (χ2v) is 8.91. The number of carbonyl (C=O) groups is 1. The molecule has 0 radical (unpaired) electrons. The van der Waals surface area contributed by atoms with E-state index >= 15 is 0 Å².